The van der Waals surface area contributed by atoms with E-state index in [4.69, 9.17) is 4.74 Å². The van der Waals surface area contributed by atoms with E-state index in [2.05, 4.69) is 30.6 Å². The maximum Gasteiger partial charge on any atom is 0.259 e. The highest BCUT2D eigenvalue weighted by Gasteiger charge is 2.32. The van der Waals surface area contributed by atoms with E-state index >= 15 is 0 Å². The number of rotatable bonds is 9. The number of nitrogens with zero attached hydrogens (tertiary/aromatic N) is 2. The lowest BCUT2D eigenvalue weighted by atomic mass is 10.0. The molecule has 1 atom stereocenters. The number of hydrogen-bond donors (Lipinski definition) is 1. The second-order valence-electron chi connectivity index (χ2n) is 7.20. The molecule has 1 unspecified atom stereocenters. The molecule has 2 amide bonds. The SMILES string of the molecule is C=C1c2ccccc2C(=O)N1CC(=O)NCC(c1cccc(OC)c1)N(CC)CC. The average molecular weight is 408 g/mol. The summed E-state index contributed by atoms with van der Waals surface area (Å²) < 4.78 is 5.36. The van der Waals surface area contributed by atoms with Crippen molar-refractivity contribution in [3.05, 3.63) is 71.8 Å². The van der Waals surface area contributed by atoms with Crippen LogP contribution in [0.15, 0.2) is 55.1 Å². The number of methoxy groups -OCH3 is 1. The van der Waals surface area contributed by atoms with Gasteiger partial charge in [0.2, 0.25) is 5.91 Å². The third-order valence-electron chi connectivity index (χ3n) is 5.57. The fraction of sp³-hybridized carbons (Fsp3) is 0.333. The van der Waals surface area contributed by atoms with Crippen LogP contribution in [0.25, 0.3) is 5.70 Å². The smallest absolute Gasteiger partial charge is 0.259 e. The molecule has 0 spiro atoms. The van der Waals surface area contributed by atoms with Crippen molar-refractivity contribution in [2.75, 3.05) is 33.3 Å². The van der Waals surface area contributed by atoms with Crippen molar-refractivity contribution in [2.24, 2.45) is 0 Å². The molecule has 0 saturated heterocycles. The number of hydrogen-bond acceptors (Lipinski definition) is 4. The fourth-order valence-corrected chi connectivity index (χ4v) is 3.88. The molecule has 1 aliphatic rings. The first-order valence-corrected chi connectivity index (χ1v) is 10.2. The normalized spacial score (nSPS) is 14.1. The molecule has 6 heteroatoms. The Morgan fingerprint density at radius 2 is 1.83 bits per heavy atom. The summed E-state index contributed by atoms with van der Waals surface area (Å²) in [5.74, 6) is 0.393. The van der Waals surface area contributed by atoms with E-state index in [1.54, 1.807) is 13.2 Å². The molecule has 158 valence electrons. The Morgan fingerprint density at radius 1 is 1.13 bits per heavy atom. The fourth-order valence-electron chi connectivity index (χ4n) is 3.88. The van der Waals surface area contributed by atoms with E-state index in [-0.39, 0.29) is 24.4 Å². The zero-order valence-corrected chi connectivity index (χ0v) is 17.9. The molecule has 6 nitrogen and oxygen atoms in total. The molecule has 0 aliphatic carbocycles. The van der Waals surface area contributed by atoms with Crippen LogP contribution in [0.3, 0.4) is 0 Å². The topological polar surface area (TPSA) is 61.9 Å². The van der Waals surface area contributed by atoms with Crippen molar-refractivity contribution in [3.63, 3.8) is 0 Å². The lowest BCUT2D eigenvalue weighted by molar-refractivity contribution is -0.121. The number of carbonyl (C=O) groups is 2. The quantitative estimate of drug-likeness (QED) is 0.693. The minimum absolute atomic E-state index is 0.00808. The third-order valence-corrected chi connectivity index (χ3v) is 5.57. The average Bonchev–Trinajstić information content (AvgIpc) is 3.01. The molecule has 0 saturated carbocycles. The third kappa shape index (κ3) is 4.39. The van der Waals surface area contributed by atoms with Crippen molar-refractivity contribution >= 4 is 17.5 Å². The van der Waals surface area contributed by atoms with Crippen LogP contribution < -0.4 is 10.1 Å². The Balaban J connectivity index is 1.69. The van der Waals surface area contributed by atoms with E-state index in [1.165, 1.54) is 4.90 Å². The largest absolute Gasteiger partial charge is 0.497 e. The molecule has 1 heterocycles. The first-order chi connectivity index (χ1) is 14.5. The van der Waals surface area contributed by atoms with Crippen LogP contribution in [-0.4, -0.2) is 54.9 Å². The van der Waals surface area contributed by atoms with Gasteiger partial charge in [0, 0.05) is 23.4 Å². The molecule has 2 aromatic rings. The van der Waals surface area contributed by atoms with Gasteiger partial charge >= 0.3 is 0 Å². The first-order valence-electron chi connectivity index (χ1n) is 10.2. The zero-order valence-electron chi connectivity index (χ0n) is 17.9. The number of fused-ring (bicyclic) bond motifs is 1. The summed E-state index contributed by atoms with van der Waals surface area (Å²) in [4.78, 5) is 29.1. The van der Waals surface area contributed by atoms with E-state index < -0.39 is 0 Å². The van der Waals surface area contributed by atoms with Gasteiger partial charge in [-0.05, 0) is 36.9 Å². The lowest BCUT2D eigenvalue weighted by Gasteiger charge is -2.30. The van der Waals surface area contributed by atoms with E-state index in [1.807, 2.05) is 42.5 Å². The summed E-state index contributed by atoms with van der Waals surface area (Å²) in [6.07, 6.45) is 0. The van der Waals surface area contributed by atoms with Gasteiger partial charge in [0.25, 0.3) is 5.91 Å². The first kappa shape index (κ1) is 21.6. The Labute approximate surface area is 178 Å². The van der Waals surface area contributed by atoms with Gasteiger partial charge in [-0.3, -0.25) is 19.4 Å². The molecule has 0 bridgehead atoms. The summed E-state index contributed by atoms with van der Waals surface area (Å²) in [6, 6.07) is 15.2. The molecule has 30 heavy (non-hydrogen) atoms. The van der Waals surface area contributed by atoms with Crippen molar-refractivity contribution in [1.29, 1.82) is 0 Å². The summed E-state index contributed by atoms with van der Waals surface area (Å²) in [6.45, 7) is 10.3. The number of likely N-dealkylation sites (N-methyl/N-ethyl adjacent to an activating group) is 1. The van der Waals surface area contributed by atoms with Gasteiger partial charge in [-0.2, -0.15) is 0 Å². The Bertz CT molecular complexity index is 902. The highest BCUT2D eigenvalue weighted by molar-refractivity contribution is 6.10. The van der Waals surface area contributed by atoms with Crippen LogP contribution in [0.4, 0.5) is 0 Å². The number of carbonyl (C=O) groups excluding carboxylic acids is 2. The summed E-state index contributed by atoms with van der Waals surface area (Å²) in [7, 11) is 1.64. The van der Waals surface area contributed by atoms with Crippen molar-refractivity contribution in [3.8, 4) is 5.75 Å². The van der Waals surface area contributed by atoms with E-state index in [0.29, 0.717) is 17.8 Å². The second kappa shape index (κ2) is 9.59. The Kier molecular flexibility index (Phi) is 6.90. The monoisotopic (exact) mass is 407 g/mol. The predicted molar refractivity (Wildman–Crippen MR) is 118 cm³/mol. The maximum atomic E-state index is 12.7. The predicted octanol–water partition coefficient (Wildman–Crippen LogP) is 3.32. The highest BCUT2D eigenvalue weighted by Crippen LogP contribution is 2.30. The molecule has 0 aromatic heterocycles. The van der Waals surface area contributed by atoms with E-state index in [0.717, 1.165) is 30.0 Å². The molecule has 0 fully saturated rings. The molecular formula is C24H29N3O3. The number of amides is 2. The van der Waals surface area contributed by atoms with Crippen molar-refractivity contribution in [2.45, 2.75) is 19.9 Å². The molecule has 1 aliphatic heterocycles. The van der Waals surface area contributed by atoms with Gasteiger partial charge < -0.3 is 10.1 Å². The Hall–Kier alpha value is -3.12. The van der Waals surface area contributed by atoms with Crippen LogP contribution in [0.5, 0.6) is 5.75 Å². The van der Waals surface area contributed by atoms with Crippen LogP contribution in [-0.2, 0) is 4.79 Å². The van der Waals surface area contributed by atoms with Gasteiger partial charge in [-0.25, -0.2) is 0 Å². The standard InChI is InChI=1S/C24H29N3O3/c1-5-26(6-2)22(18-10-9-11-19(14-18)30-4)15-25-23(28)16-27-17(3)20-12-7-8-13-21(20)24(27)29/h7-14,22H,3,5-6,15-16H2,1-2,4H3,(H,25,28). The van der Waals surface area contributed by atoms with Crippen LogP contribution >= 0.6 is 0 Å². The Morgan fingerprint density at radius 3 is 2.47 bits per heavy atom. The van der Waals surface area contributed by atoms with Crippen LogP contribution in [0.2, 0.25) is 0 Å². The molecule has 0 radical (unpaired) electrons. The molecule has 2 aromatic carbocycles. The van der Waals surface area contributed by atoms with Crippen LogP contribution in [0, 0.1) is 0 Å². The number of ether oxygens (including phenoxy) is 1. The van der Waals surface area contributed by atoms with E-state index in [9.17, 15) is 9.59 Å². The van der Waals surface area contributed by atoms with Gasteiger partial charge in [-0.1, -0.05) is 50.8 Å². The van der Waals surface area contributed by atoms with Gasteiger partial charge in [0.1, 0.15) is 12.3 Å². The van der Waals surface area contributed by atoms with Gasteiger partial charge in [0.05, 0.1) is 13.2 Å². The summed E-state index contributed by atoms with van der Waals surface area (Å²) in [5, 5.41) is 3.01. The number of benzene rings is 2. The summed E-state index contributed by atoms with van der Waals surface area (Å²) >= 11 is 0. The van der Waals surface area contributed by atoms with Gasteiger partial charge in [0.15, 0.2) is 0 Å². The minimum Gasteiger partial charge on any atom is -0.497 e. The maximum absolute atomic E-state index is 12.7. The molecule has 1 N–H and O–H groups in total. The number of nitrogens with one attached hydrogen (secondary N) is 1. The minimum atomic E-state index is -0.211. The highest BCUT2D eigenvalue weighted by atomic mass is 16.5. The van der Waals surface area contributed by atoms with Crippen molar-refractivity contribution < 1.29 is 14.3 Å². The lowest BCUT2D eigenvalue weighted by Crippen LogP contribution is -2.42. The summed E-state index contributed by atoms with van der Waals surface area (Å²) in [5.41, 5.74) is 3.02. The van der Waals surface area contributed by atoms with Crippen molar-refractivity contribution in [1.82, 2.24) is 15.1 Å². The zero-order chi connectivity index (χ0) is 21.7. The molecule has 3 rings (SSSR count). The second-order valence-corrected chi connectivity index (χ2v) is 7.20. The molecular weight excluding hydrogens is 378 g/mol. The van der Waals surface area contributed by atoms with Crippen LogP contribution in [0.1, 0.15) is 41.4 Å². The van der Waals surface area contributed by atoms with Gasteiger partial charge in [-0.15, -0.1) is 0 Å².